The number of aromatic nitrogens is 4. The van der Waals surface area contributed by atoms with Crippen LogP contribution < -0.4 is 42.2 Å². The number of ether oxygens (including phenoxy) is 3. The maximum Gasteiger partial charge on any atom is 0.328 e. The van der Waals surface area contributed by atoms with Crippen molar-refractivity contribution < 1.29 is 57.7 Å². The summed E-state index contributed by atoms with van der Waals surface area (Å²) in [6, 6.07) is 24.0. The monoisotopic (exact) mass is 1060 g/mol. The minimum atomic E-state index is -1.17. The van der Waals surface area contributed by atoms with Crippen LogP contribution in [0, 0.1) is 0 Å². The fourth-order valence-electron chi connectivity index (χ4n) is 7.07. The number of carbonyl (C=O) groups excluding carboxylic acids is 7. The van der Waals surface area contributed by atoms with E-state index in [0.717, 1.165) is 40.2 Å². The number of aliphatic carboxylic acids is 1. The molecule has 24 heteroatoms. The smallest absolute Gasteiger partial charge is 0.328 e. The van der Waals surface area contributed by atoms with Gasteiger partial charge in [0, 0.05) is 38.1 Å². The predicted octanol–water partition coefficient (Wildman–Crippen LogP) is 4.50. The first-order chi connectivity index (χ1) is 36.1. The van der Waals surface area contributed by atoms with E-state index in [-0.39, 0.29) is 25.7 Å². The van der Waals surface area contributed by atoms with Crippen LogP contribution in [0.5, 0.6) is 23.0 Å². The van der Waals surface area contributed by atoms with Crippen molar-refractivity contribution in [1.29, 1.82) is 0 Å². The molecule has 8 rings (SSSR count). The number of benzene rings is 4. The lowest BCUT2D eigenvalue weighted by Crippen LogP contribution is -2.50. The summed E-state index contributed by atoms with van der Waals surface area (Å²) in [6.45, 7) is 0. The van der Waals surface area contributed by atoms with Gasteiger partial charge >= 0.3 is 11.9 Å². The zero-order valence-corrected chi connectivity index (χ0v) is 41.3. The third-order valence-electron chi connectivity index (χ3n) is 10.9. The van der Waals surface area contributed by atoms with Gasteiger partial charge in [-0.2, -0.15) is 0 Å². The van der Waals surface area contributed by atoms with Gasteiger partial charge in [0.05, 0.1) is 53.0 Å². The maximum atomic E-state index is 12.6. The van der Waals surface area contributed by atoms with E-state index in [1.165, 1.54) is 19.8 Å². The quantitative estimate of drug-likeness (QED) is 0.0375. The van der Waals surface area contributed by atoms with Crippen LogP contribution in [0.3, 0.4) is 0 Å². The fraction of sp³-hybridized carbons (Fsp3) is 0.176. The Morgan fingerprint density at radius 1 is 0.587 bits per heavy atom. The highest BCUT2D eigenvalue weighted by Crippen LogP contribution is 2.29. The topological polar surface area (TPSA) is 342 Å². The van der Waals surface area contributed by atoms with Crippen molar-refractivity contribution in [3.63, 3.8) is 0 Å². The molecule has 4 unspecified atom stereocenters. The molecule has 0 radical (unpaired) electrons. The summed E-state index contributed by atoms with van der Waals surface area (Å²) in [5, 5.41) is 18.3. The lowest BCUT2D eigenvalue weighted by molar-refractivity contribution is -0.145. The molecule has 2 aromatic heterocycles. The number of nitrogens with zero attached hydrogens (tertiary/aromatic N) is 2. The number of carboxylic acid groups (broad SMARTS) is 1. The van der Waals surface area contributed by atoms with Crippen molar-refractivity contribution in [2.45, 2.75) is 49.9 Å². The normalized spacial score (nSPS) is 15.7. The van der Waals surface area contributed by atoms with Gasteiger partial charge in [-0.05, 0) is 106 Å². The van der Waals surface area contributed by atoms with Gasteiger partial charge in [-0.1, -0.05) is 48.5 Å². The van der Waals surface area contributed by atoms with Crippen LogP contribution in [0.4, 0.5) is 9.59 Å². The van der Waals surface area contributed by atoms with Gasteiger partial charge < -0.3 is 51.4 Å². The number of hydrogen-bond donors (Lipinski definition) is 9. The third-order valence-corrected chi connectivity index (χ3v) is 12.5. The zero-order valence-electron chi connectivity index (χ0n) is 39.6. The Kier molecular flexibility index (Phi) is 18.5. The van der Waals surface area contributed by atoms with Gasteiger partial charge in [-0.25, -0.2) is 19.6 Å². The Labute approximate surface area is 435 Å². The number of nitrogens with one attached hydrogen (secondary N) is 6. The standard InChI is InChI=1S/C26H25N5O6S.C25H23N5O6S/c1-36-25(34)21(30-23(32)20(27)12-17-13-28-14-29-17)10-15-2-6-18(7-3-15)37-19-8-4-16(5-9-19)11-22-24(33)31-26(35)38-22;26-19(11-16-12-27-13-28-16)22(31)29-20(24(33)34)9-14-1-5-17(6-2-14)36-18-7-3-15(4-8-18)10-21-23(32)30-25(35)37-21/h2-9,11,13-14,20-21H,10,12,27H2,1H3,(H,28,29)(H,30,32)(H,31,33,35);1-8,10,12-13,19-20H,9,11,26H2,(H,27,28)(H,29,31)(H,33,34)(H,30,32,35). The maximum absolute atomic E-state index is 12.6. The van der Waals surface area contributed by atoms with Crippen molar-refractivity contribution in [1.82, 2.24) is 41.2 Å². The molecule has 11 N–H and O–H groups in total. The van der Waals surface area contributed by atoms with Gasteiger partial charge in [0.15, 0.2) is 0 Å². The summed E-state index contributed by atoms with van der Waals surface area (Å²) in [4.78, 5) is 109. The molecule has 386 valence electrons. The van der Waals surface area contributed by atoms with E-state index >= 15 is 0 Å². The molecule has 4 atom stereocenters. The van der Waals surface area contributed by atoms with Gasteiger partial charge in [-0.15, -0.1) is 0 Å². The Morgan fingerprint density at radius 2 is 0.960 bits per heavy atom. The third kappa shape index (κ3) is 16.1. The minimum absolute atomic E-state index is 0.0634. The number of rotatable bonds is 20. The number of amides is 6. The summed E-state index contributed by atoms with van der Waals surface area (Å²) in [5.41, 5.74) is 16.1. The molecule has 0 aliphatic carbocycles. The van der Waals surface area contributed by atoms with Crippen molar-refractivity contribution >= 4 is 81.7 Å². The van der Waals surface area contributed by atoms with Crippen molar-refractivity contribution in [2.24, 2.45) is 11.5 Å². The zero-order chi connectivity index (χ0) is 53.4. The first kappa shape index (κ1) is 53.9. The number of methoxy groups -OCH3 is 1. The largest absolute Gasteiger partial charge is 0.480 e. The lowest BCUT2D eigenvalue weighted by atomic mass is 10.0. The second-order valence-electron chi connectivity index (χ2n) is 16.5. The molecule has 6 amide bonds. The highest BCUT2D eigenvalue weighted by Gasteiger charge is 2.28. The molecule has 4 heterocycles. The molecular formula is C51H48N10O12S2. The van der Waals surface area contributed by atoms with Crippen LogP contribution in [0.2, 0.25) is 0 Å². The van der Waals surface area contributed by atoms with Crippen LogP contribution in [-0.4, -0.2) is 102 Å². The van der Waals surface area contributed by atoms with E-state index < -0.39 is 70.2 Å². The molecule has 2 aliphatic rings. The summed E-state index contributed by atoms with van der Waals surface area (Å²) in [7, 11) is 1.25. The number of nitrogens with two attached hydrogens (primary N) is 2. The fourth-order valence-corrected chi connectivity index (χ4v) is 8.44. The molecule has 2 saturated heterocycles. The second-order valence-corrected chi connectivity index (χ2v) is 18.5. The summed E-state index contributed by atoms with van der Waals surface area (Å²) < 4.78 is 16.6. The van der Waals surface area contributed by atoms with Gasteiger partial charge in [0.25, 0.3) is 22.3 Å². The number of hydrogen-bond acceptors (Lipinski definition) is 17. The van der Waals surface area contributed by atoms with E-state index in [1.54, 1.807) is 122 Å². The first-order valence-corrected chi connectivity index (χ1v) is 24.3. The van der Waals surface area contributed by atoms with E-state index in [4.69, 9.17) is 25.7 Å². The second kappa shape index (κ2) is 25.7. The van der Waals surface area contributed by atoms with Crippen molar-refractivity contribution in [3.8, 4) is 23.0 Å². The molecule has 22 nitrogen and oxygen atoms in total. The number of imidazole rings is 2. The van der Waals surface area contributed by atoms with E-state index in [1.807, 2.05) is 0 Å². The Hall–Kier alpha value is -8.84. The number of aromatic amines is 2. The number of carbonyl (C=O) groups is 8. The van der Waals surface area contributed by atoms with Crippen LogP contribution in [0.1, 0.15) is 33.6 Å². The van der Waals surface area contributed by atoms with E-state index in [0.29, 0.717) is 49.8 Å². The SMILES string of the molecule is COC(=O)C(Cc1ccc(Oc2ccc(C=C3SC(=O)NC3=O)cc2)cc1)NC(=O)C(N)Cc1c[nH]cn1.NC(Cc1c[nH]cn1)C(=O)NC(Cc1ccc(Oc2ccc(C=C3SC(=O)NC3=O)cc2)cc1)C(=O)O. The molecule has 0 saturated carbocycles. The molecule has 2 fully saturated rings. The molecule has 6 aromatic rings. The molecule has 2 aliphatic heterocycles. The van der Waals surface area contributed by atoms with E-state index in [2.05, 4.69) is 41.2 Å². The molecule has 0 bridgehead atoms. The van der Waals surface area contributed by atoms with Crippen LogP contribution in [0.25, 0.3) is 12.2 Å². The molecular weight excluding hydrogens is 1010 g/mol. The lowest BCUT2D eigenvalue weighted by Gasteiger charge is -2.19. The molecule has 0 spiro atoms. The van der Waals surface area contributed by atoms with Crippen LogP contribution >= 0.6 is 23.5 Å². The van der Waals surface area contributed by atoms with Gasteiger partial charge in [-0.3, -0.25) is 39.4 Å². The first-order valence-electron chi connectivity index (χ1n) is 22.7. The average molecular weight is 1060 g/mol. The Morgan fingerprint density at radius 3 is 1.29 bits per heavy atom. The Bertz CT molecular complexity index is 3080. The van der Waals surface area contributed by atoms with Crippen molar-refractivity contribution in [2.75, 3.05) is 7.11 Å². The van der Waals surface area contributed by atoms with Gasteiger partial charge in [0.1, 0.15) is 35.1 Å². The average Bonchev–Trinajstić information content (AvgIpc) is 4.23. The number of carboxylic acids is 1. The number of imide groups is 2. The molecule has 4 aromatic carbocycles. The summed E-state index contributed by atoms with van der Waals surface area (Å²) >= 11 is 1.70. The highest BCUT2D eigenvalue weighted by atomic mass is 32.2. The van der Waals surface area contributed by atoms with Crippen LogP contribution in [0.15, 0.2) is 132 Å². The number of esters is 1. The predicted molar refractivity (Wildman–Crippen MR) is 276 cm³/mol. The minimum Gasteiger partial charge on any atom is -0.480 e. The Balaban J connectivity index is 0.000000219. The van der Waals surface area contributed by atoms with E-state index in [9.17, 15) is 43.5 Å². The van der Waals surface area contributed by atoms with Gasteiger partial charge in [0.2, 0.25) is 11.8 Å². The molecule has 75 heavy (non-hydrogen) atoms. The number of H-pyrrole nitrogens is 2. The van der Waals surface area contributed by atoms with Crippen LogP contribution in [-0.2, 0) is 59.2 Å². The summed E-state index contributed by atoms with van der Waals surface area (Å²) in [5.74, 6) is -1.43. The summed E-state index contributed by atoms with van der Waals surface area (Å²) in [6.07, 6.45) is 10.2. The van der Waals surface area contributed by atoms with Crippen molar-refractivity contribution in [3.05, 3.63) is 166 Å². The highest BCUT2D eigenvalue weighted by molar-refractivity contribution is 8.18. The number of thioether (sulfide) groups is 2.